The summed E-state index contributed by atoms with van der Waals surface area (Å²) in [5, 5.41) is 4.69. The number of nitrogens with zero attached hydrogens (tertiary/aromatic N) is 2. The predicted molar refractivity (Wildman–Crippen MR) is 84.0 cm³/mol. The van der Waals surface area contributed by atoms with E-state index in [2.05, 4.69) is 45.0 Å². The van der Waals surface area contributed by atoms with Crippen LogP contribution >= 0.6 is 11.3 Å². The van der Waals surface area contributed by atoms with Crippen LogP contribution in [0.5, 0.6) is 0 Å². The van der Waals surface area contributed by atoms with Gasteiger partial charge in [-0.15, -0.1) is 11.3 Å². The van der Waals surface area contributed by atoms with Crippen molar-refractivity contribution in [2.45, 2.75) is 53.1 Å². The summed E-state index contributed by atoms with van der Waals surface area (Å²) in [6.07, 6.45) is 2.78. The third-order valence-electron chi connectivity index (χ3n) is 3.94. The normalized spacial score (nSPS) is 16.9. The van der Waals surface area contributed by atoms with E-state index >= 15 is 0 Å². The zero-order valence-electron chi connectivity index (χ0n) is 12.9. The van der Waals surface area contributed by atoms with E-state index in [0.29, 0.717) is 12.0 Å². The monoisotopic (exact) mass is 281 g/mol. The number of hydrogen-bond acceptors (Lipinski definition) is 4. The van der Waals surface area contributed by atoms with Crippen molar-refractivity contribution in [3.63, 3.8) is 0 Å². The predicted octanol–water partition coefficient (Wildman–Crippen LogP) is 3.43. The van der Waals surface area contributed by atoms with Crippen molar-refractivity contribution >= 4 is 16.5 Å². The molecule has 0 amide bonds. The van der Waals surface area contributed by atoms with E-state index in [-0.39, 0.29) is 0 Å². The van der Waals surface area contributed by atoms with Gasteiger partial charge >= 0.3 is 0 Å². The summed E-state index contributed by atoms with van der Waals surface area (Å²) < 4.78 is 0. The lowest BCUT2D eigenvalue weighted by molar-refractivity contribution is 0.554. The highest BCUT2D eigenvalue weighted by molar-refractivity contribution is 7.15. The quantitative estimate of drug-likeness (QED) is 0.830. The topological polar surface area (TPSA) is 28.2 Å². The minimum Gasteiger partial charge on any atom is -0.348 e. The molecular formula is C15H27N3S. The molecule has 1 fully saturated rings. The number of hydrogen-bond donors (Lipinski definition) is 1. The smallest absolute Gasteiger partial charge is 0.185 e. The van der Waals surface area contributed by atoms with Gasteiger partial charge in [0.1, 0.15) is 0 Å². The van der Waals surface area contributed by atoms with Crippen molar-refractivity contribution in [1.82, 2.24) is 10.3 Å². The third-order valence-corrected chi connectivity index (χ3v) is 5.18. The molecule has 1 atom stereocenters. The van der Waals surface area contributed by atoms with E-state index in [1.54, 1.807) is 0 Å². The molecule has 0 aromatic carbocycles. The summed E-state index contributed by atoms with van der Waals surface area (Å²) in [6, 6.07) is 0.627. The Morgan fingerprint density at radius 2 is 2.05 bits per heavy atom. The molecule has 1 heterocycles. The lowest BCUT2D eigenvalue weighted by Gasteiger charge is -2.23. The molecule has 1 aromatic heterocycles. The molecule has 0 saturated heterocycles. The lowest BCUT2D eigenvalue weighted by Crippen LogP contribution is -2.30. The number of nitrogens with one attached hydrogen (secondary N) is 1. The van der Waals surface area contributed by atoms with Gasteiger partial charge in [-0.1, -0.05) is 13.8 Å². The molecule has 1 N–H and O–H groups in total. The van der Waals surface area contributed by atoms with Crippen LogP contribution in [0.1, 0.15) is 44.2 Å². The molecule has 1 aromatic rings. The minimum absolute atomic E-state index is 0.627. The van der Waals surface area contributed by atoms with Gasteiger partial charge in [-0.3, -0.25) is 0 Å². The van der Waals surface area contributed by atoms with Gasteiger partial charge in [0.05, 0.1) is 5.69 Å². The van der Waals surface area contributed by atoms with Gasteiger partial charge in [-0.2, -0.15) is 0 Å². The number of thiazole rings is 1. The highest BCUT2D eigenvalue weighted by Gasteiger charge is 2.31. The first kappa shape index (κ1) is 14.8. The Morgan fingerprint density at radius 1 is 1.37 bits per heavy atom. The molecule has 0 aliphatic heterocycles. The van der Waals surface area contributed by atoms with Crippen LogP contribution in [0.4, 0.5) is 5.13 Å². The Hall–Kier alpha value is -0.610. The van der Waals surface area contributed by atoms with Gasteiger partial charge in [0.15, 0.2) is 5.13 Å². The summed E-state index contributed by atoms with van der Waals surface area (Å²) in [5.74, 6) is 1.59. The van der Waals surface area contributed by atoms with Crippen molar-refractivity contribution in [1.29, 1.82) is 0 Å². The Morgan fingerprint density at radius 3 is 2.63 bits per heavy atom. The summed E-state index contributed by atoms with van der Waals surface area (Å²) in [6.45, 7) is 11.0. The average Bonchev–Trinajstić information content (AvgIpc) is 3.13. The van der Waals surface area contributed by atoms with E-state index in [1.165, 1.54) is 28.5 Å². The Balaban J connectivity index is 1.95. The first-order valence-electron chi connectivity index (χ1n) is 7.39. The number of rotatable bonds is 7. The molecule has 0 spiro atoms. The summed E-state index contributed by atoms with van der Waals surface area (Å²) in [5.41, 5.74) is 1.19. The largest absolute Gasteiger partial charge is 0.348 e. The van der Waals surface area contributed by atoms with E-state index < -0.39 is 0 Å². The molecule has 1 saturated carbocycles. The third kappa shape index (κ3) is 3.93. The van der Waals surface area contributed by atoms with Crippen molar-refractivity contribution in [2.75, 3.05) is 18.5 Å². The minimum atomic E-state index is 0.627. The van der Waals surface area contributed by atoms with Crippen LogP contribution in [-0.2, 0) is 6.54 Å². The van der Waals surface area contributed by atoms with Crippen molar-refractivity contribution in [2.24, 2.45) is 11.8 Å². The molecular weight excluding hydrogens is 254 g/mol. The van der Waals surface area contributed by atoms with Crippen molar-refractivity contribution in [3.05, 3.63) is 10.6 Å². The van der Waals surface area contributed by atoms with Crippen molar-refractivity contribution < 1.29 is 0 Å². The maximum absolute atomic E-state index is 4.74. The molecule has 2 rings (SSSR count). The second kappa shape index (κ2) is 6.23. The molecule has 0 bridgehead atoms. The highest BCUT2D eigenvalue weighted by Crippen LogP contribution is 2.37. The Bertz CT molecular complexity index is 410. The van der Waals surface area contributed by atoms with E-state index in [1.807, 2.05) is 11.3 Å². The van der Waals surface area contributed by atoms with Crippen LogP contribution in [-0.4, -0.2) is 24.6 Å². The molecule has 0 radical (unpaired) electrons. The van der Waals surface area contributed by atoms with Crippen molar-refractivity contribution in [3.8, 4) is 0 Å². The van der Waals surface area contributed by atoms with E-state index in [4.69, 9.17) is 4.98 Å². The fourth-order valence-corrected chi connectivity index (χ4v) is 3.35. The van der Waals surface area contributed by atoms with Crippen LogP contribution in [0.15, 0.2) is 0 Å². The fraction of sp³-hybridized carbons (Fsp3) is 0.800. The standard InChI is InChI=1S/C15H27N3S/c1-10(2)8-16-9-14-11(3)17-15(19-14)18(5)12(4)13-6-7-13/h10,12-13,16H,6-9H2,1-5H3. The highest BCUT2D eigenvalue weighted by atomic mass is 32.1. The Labute approximate surface area is 121 Å². The maximum Gasteiger partial charge on any atom is 0.185 e. The molecule has 1 aliphatic carbocycles. The van der Waals surface area contributed by atoms with Gasteiger partial charge in [0, 0.05) is 24.5 Å². The van der Waals surface area contributed by atoms with Crippen LogP contribution in [0.25, 0.3) is 0 Å². The van der Waals surface area contributed by atoms with Crippen LogP contribution in [0.2, 0.25) is 0 Å². The van der Waals surface area contributed by atoms with Crippen LogP contribution in [0, 0.1) is 18.8 Å². The van der Waals surface area contributed by atoms with Gasteiger partial charge in [-0.25, -0.2) is 4.98 Å². The van der Waals surface area contributed by atoms with Gasteiger partial charge in [-0.05, 0) is 45.1 Å². The molecule has 1 unspecified atom stereocenters. The van der Waals surface area contributed by atoms with E-state index in [0.717, 1.165) is 19.0 Å². The second-order valence-electron chi connectivity index (χ2n) is 6.22. The first-order chi connectivity index (χ1) is 8.99. The molecule has 4 heteroatoms. The van der Waals surface area contributed by atoms with Gasteiger partial charge in [0.2, 0.25) is 0 Å². The van der Waals surface area contributed by atoms with Crippen LogP contribution < -0.4 is 10.2 Å². The molecule has 1 aliphatic rings. The van der Waals surface area contributed by atoms with Gasteiger partial charge in [0.25, 0.3) is 0 Å². The summed E-state index contributed by atoms with van der Waals surface area (Å²) >= 11 is 1.85. The fourth-order valence-electron chi connectivity index (χ4n) is 2.27. The molecule has 3 nitrogen and oxygen atoms in total. The first-order valence-corrected chi connectivity index (χ1v) is 8.20. The lowest BCUT2D eigenvalue weighted by atomic mass is 10.2. The zero-order valence-corrected chi connectivity index (χ0v) is 13.7. The number of anilines is 1. The zero-order chi connectivity index (χ0) is 14.0. The Kier molecular flexibility index (Phi) is 4.85. The molecule has 19 heavy (non-hydrogen) atoms. The summed E-state index contributed by atoms with van der Waals surface area (Å²) in [4.78, 5) is 8.49. The average molecular weight is 281 g/mol. The van der Waals surface area contributed by atoms with E-state index in [9.17, 15) is 0 Å². The number of aromatic nitrogens is 1. The number of aryl methyl sites for hydroxylation is 1. The summed E-state index contributed by atoms with van der Waals surface area (Å²) in [7, 11) is 2.19. The molecule has 108 valence electrons. The van der Waals surface area contributed by atoms with Crippen LogP contribution in [0.3, 0.4) is 0 Å². The SMILES string of the molecule is Cc1nc(N(C)C(C)C2CC2)sc1CNCC(C)C. The second-order valence-corrected chi connectivity index (χ2v) is 7.28. The van der Waals surface area contributed by atoms with Gasteiger partial charge < -0.3 is 10.2 Å². The maximum atomic E-state index is 4.74.